The van der Waals surface area contributed by atoms with Crippen LogP contribution in [-0.2, 0) is 4.74 Å². The van der Waals surface area contributed by atoms with E-state index >= 15 is 0 Å². The van der Waals surface area contributed by atoms with Crippen molar-refractivity contribution in [2.24, 2.45) is 0 Å². The molecule has 1 aromatic rings. The van der Waals surface area contributed by atoms with Crippen molar-refractivity contribution in [3.05, 3.63) is 35.4 Å². The van der Waals surface area contributed by atoms with Crippen LogP contribution in [0.5, 0.6) is 0 Å². The highest BCUT2D eigenvalue weighted by atomic mass is 16.5. The molecule has 1 aliphatic heterocycles. The molecule has 1 heterocycles. The van der Waals surface area contributed by atoms with Crippen molar-refractivity contribution in [2.45, 2.75) is 45.4 Å². The molecule has 23 heavy (non-hydrogen) atoms. The molecule has 0 spiro atoms. The second kappa shape index (κ2) is 7.12. The van der Waals surface area contributed by atoms with E-state index in [-0.39, 0.29) is 23.7 Å². The summed E-state index contributed by atoms with van der Waals surface area (Å²) in [6.07, 6.45) is 0.391. The van der Waals surface area contributed by atoms with Gasteiger partial charge in [0.05, 0.1) is 23.8 Å². The minimum atomic E-state index is -0.158. The van der Waals surface area contributed by atoms with E-state index in [1.165, 1.54) is 0 Å². The van der Waals surface area contributed by atoms with E-state index in [2.05, 4.69) is 44.0 Å². The number of hydrogen-bond acceptors (Lipinski definition) is 4. The second-order valence-corrected chi connectivity index (χ2v) is 6.85. The zero-order valence-corrected chi connectivity index (χ0v) is 14.3. The maximum absolute atomic E-state index is 12.3. The van der Waals surface area contributed by atoms with Crippen molar-refractivity contribution >= 4 is 5.91 Å². The van der Waals surface area contributed by atoms with Crippen LogP contribution in [0.4, 0.5) is 0 Å². The fraction of sp³-hybridized carbons (Fsp3) is 0.556. The molecule has 5 heteroatoms. The average molecular weight is 315 g/mol. The predicted octanol–water partition coefficient (Wildman–Crippen LogP) is 2.18. The molecular weight excluding hydrogens is 290 g/mol. The zero-order valence-electron chi connectivity index (χ0n) is 14.3. The van der Waals surface area contributed by atoms with Gasteiger partial charge in [-0.15, -0.1) is 0 Å². The quantitative estimate of drug-likeness (QED) is 0.925. The number of carbonyl (C=O) groups excluding carboxylic acids is 1. The van der Waals surface area contributed by atoms with Crippen LogP contribution in [0.3, 0.4) is 0 Å². The van der Waals surface area contributed by atoms with E-state index in [1.807, 2.05) is 0 Å². The van der Waals surface area contributed by atoms with Crippen LogP contribution in [-0.4, -0.2) is 48.2 Å². The summed E-state index contributed by atoms with van der Waals surface area (Å²) in [6, 6.07) is 8.81. The molecule has 1 aliphatic rings. The van der Waals surface area contributed by atoms with Crippen LogP contribution in [0.25, 0.3) is 0 Å². The van der Waals surface area contributed by atoms with Crippen LogP contribution in [0.2, 0.25) is 0 Å². The second-order valence-electron chi connectivity index (χ2n) is 6.85. The van der Waals surface area contributed by atoms with Gasteiger partial charge in [-0.2, -0.15) is 5.26 Å². The topological polar surface area (TPSA) is 65.4 Å². The average Bonchev–Trinajstić information content (AvgIpc) is 2.52. The molecule has 124 valence electrons. The Morgan fingerprint density at radius 2 is 2.04 bits per heavy atom. The first kappa shape index (κ1) is 17.5. The molecule has 0 aromatic heterocycles. The van der Waals surface area contributed by atoms with E-state index < -0.39 is 0 Å². The number of ether oxygens (including phenoxy) is 1. The zero-order chi connectivity index (χ0) is 17.0. The highest BCUT2D eigenvalue weighted by Crippen LogP contribution is 2.20. The Balaban J connectivity index is 1.98. The molecule has 0 aliphatic carbocycles. The maximum Gasteiger partial charge on any atom is 0.251 e. The van der Waals surface area contributed by atoms with Crippen molar-refractivity contribution in [2.75, 3.05) is 19.6 Å². The first-order chi connectivity index (χ1) is 10.8. The van der Waals surface area contributed by atoms with Crippen LogP contribution < -0.4 is 5.32 Å². The van der Waals surface area contributed by atoms with Gasteiger partial charge in [0.2, 0.25) is 0 Å². The molecule has 0 bridgehead atoms. The molecule has 2 atom stereocenters. The van der Waals surface area contributed by atoms with E-state index in [1.54, 1.807) is 24.3 Å². The summed E-state index contributed by atoms with van der Waals surface area (Å²) in [4.78, 5) is 14.7. The number of amides is 1. The van der Waals surface area contributed by atoms with Gasteiger partial charge in [0, 0.05) is 30.7 Å². The Morgan fingerprint density at radius 1 is 1.39 bits per heavy atom. The molecule has 2 rings (SSSR count). The highest BCUT2D eigenvalue weighted by molar-refractivity contribution is 5.94. The third-order valence-corrected chi connectivity index (χ3v) is 4.21. The van der Waals surface area contributed by atoms with Crippen molar-refractivity contribution in [3.8, 4) is 6.07 Å². The molecule has 0 radical (unpaired) electrons. The van der Waals surface area contributed by atoms with Gasteiger partial charge in [-0.3, -0.25) is 9.69 Å². The van der Waals surface area contributed by atoms with Gasteiger partial charge in [0.25, 0.3) is 5.91 Å². The van der Waals surface area contributed by atoms with Gasteiger partial charge in [0.1, 0.15) is 0 Å². The normalized spacial score (nSPS) is 22.4. The lowest BCUT2D eigenvalue weighted by atomic mass is 9.99. The Labute approximate surface area is 138 Å². The van der Waals surface area contributed by atoms with E-state index in [0.29, 0.717) is 17.7 Å². The summed E-state index contributed by atoms with van der Waals surface area (Å²) in [5.74, 6) is -0.149. The summed E-state index contributed by atoms with van der Waals surface area (Å²) in [5, 5.41) is 11.9. The van der Waals surface area contributed by atoms with Gasteiger partial charge < -0.3 is 10.1 Å². The molecule has 5 nitrogen and oxygen atoms in total. The number of nitrogens with one attached hydrogen (secondary N) is 1. The monoisotopic (exact) mass is 315 g/mol. The van der Waals surface area contributed by atoms with Gasteiger partial charge in [0.15, 0.2) is 0 Å². The number of morpholine rings is 1. The highest BCUT2D eigenvalue weighted by Gasteiger charge is 2.33. The summed E-state index contributed by atoms with van der Waals surface area (Å²) >= 11 is 0. The Kier molecular flexibility index (Phi) is 5.40. The van der Waals surface area contributed by atoms with E-state index in [4.69, 9.17) is 10.00 Å². The Bertz CT molecular complexity index is 597. The Morgan fingerprint density at radius 3 is 2.65 bits per heavy atom. The number of carbonyl (C=O) groups is 1. The van der Waals surface area contributed by atoms with Crippen LogP contribution in [0.1, 0.15) is 43.6 Å². The molecule has 2 unspecified atom stereocenters. The predicted molar refractivity (Wildman–Crippen MR) is 89.2 cm³/mol. The lowest BCUT2D eigenvalue weighted by Crippen LogP contribution is -2.58. The van der Waals surface area contributed by atoms with Gasteiger partial charge >= 0.3 is 0 Å². The maximum atomic E-state index is 12.3. The number of nitriles is 1. The molecule has 1 aromatic carbocycles. The molecular formula is C18H25N3O2. The van der Waals surface area contributed by atoms with Crippen molar-refractivity contribution in [3.63, 3.8) is 0 Å². The van der Waals surface area contributed by atoms with Crippen LogP contribution >= 0.6 is 0 Å². The van der Waals surface area contributed by atoms with Crippen LogP contribution in [0, 0.1) is 11.3 Å². The third-order valence-electron chi connectivity index (χ3n) is 4.21. The minimum absolute atomic E-state index is 0.149. The number of rotatable bonds is 4. The lowest BCUT2D eigenvalue weighted by molar-refractivity contribution is -0.0948. The summed E-state index contributed by atoms with van der Waals surface area (Å²) in [7, 11) is 0. The molecule has 1 fully saturated rings. The first-order valence-electron chi connectivity index (χ1n) is 8.00. The van der Waals surface area contributed by atoms with Crippen molar-refractivity contribution in [1.29, 1.82) is 5.26 Å². The smallest absolute Gasteiger partial charge is 0.251 e. The standard InChI is InChI=1S/C18H25N3O2/c1-13-10-21(11-14(2)23-13)18(3,4)12-20-17(22)16-7-5-6-15(8-16)9-19/h5-8,13-14H,10-12H2,1-4H3,(H,20,22). The van der Waals surface area contributed by atoms with Crippen LogP contribution in [0.15, 0.2) is 24.3 Å². The lowest BCUT2D eigenvalue weighted by Gasteiger charge is -2.45. The van der Waals surface area contributed by atoms with E-state index in [9.17, 15) is 4.79 Å². The number of hydrogen-bond donors (Lipinski definition) is 1. The number of nitrogens with zero attached hydrogens (tertiary/aromatic N) is 2. The van der Waals surface area contributed by atoms with Crippen molar-refractivity contribution in [1.82, 2.24) is 10.2 Å². The van der Waals surface area contributed by atoms with E-state index in [0.717, 1.165) is 13.1 Å². The Hall–Kier alpha value is -1.90. The largest absolute Gasteiger partial charge is 0.373 e. The van der Waals surface area contributed by atoms with Gasteiger partial charge in [-0.05, 0) is 45.9 Å². The van der Waals surface area contributed by atoms with Gasteiger partial charge in [-0.25, -0.2) is 0 Å². The molecule has 0 saturated carbocycles. The summed E-state index contributed by atoms with van der Waals surface area (Å²) < 4.78 is 5.77. The third kappa shape index (κ3) is 4.54. The summed E-state index contributed by atoms with van der Waals surface area (Å²) in [5.41, 5.74) is 0.853. The fourth-order valence-electron chi connectivity index (χ4n) is 2.91. The molecule has 1 N–H and O–H groups in total. The summed E-state index contributed by atoms with van der Waals surface area (Å²) in [6.45, 7) is 10.7. The minimum Gasteiger partial charge on any atom is -0.373 e. The molecule has 1 saturated heterocycles. The number of benzene rings is 1. The molecule has 1 amide bonds. The fourth-order valence-corrected chi connectivity index (χ4v) is 2.91. The van der Waals surface area contributed by atoms with Gasteiger partial charge in [-0.1, -0.05) is 6.07 Å². The first-order valence-corrected chi connectivity index (χ1v) is 8.00. The SMILES string of the molecule is CC1CN(C(C)(C)CNC(=O)c2cccc(C#N)c2)CC(C)O1. The van der Waals surface area contributed by atoms with Crippen molar-refractivity contribution < 1.29 is 9.53 Å².